The van der Waals surface area contributed by atoms with Crippen LogP contribution >= 0.6 is 0 Å². The summed E-state index contributed by atoms with van der Waals surface area (Å²) in [6.07, 6.45) is 4.78. The molecule has 2 aromatic carbocycles. The number of methoxy groups -OCH3 is 5. The lowest BCUT2D eigenvalue weighted by Gasteiger charge is -2.46. The van der Waals surface area contributed by atoms with E-state index in [0.29, 0.717) is 58.9 Å². The normalized spacial score (nSPS) is 18.5. The summed E-state index contributed by atoms with van der Waals surface area (Å²) in [5, 5.41) is 18.7. The van der Waals surface area contributed by atoms with Crippen LogP contribution in [0.5, 0.6) is 28.7 Å². The number of rotatable bonds is 17. The number of unbranched alkanes of at least 4 members (excludes halogenated alkanes) is 2. The van der Waals surface area contributed by atoms with Crippen LogP contribution in [-0.2, 0) is 16.0 Å². The lowest BCUT2D eigenvalue weighted by Crippen LogP contribution is -2.52. The summed E-state index contributed by atoms with van der Waals surface area (Å²) in [7, 11) is 10.3. The van der Waals surface area contributed by atoms with Gasteiger partial charge in [-0.2, -0.15) is 0 Å². The Morgan fingerprint density at radius 2 is 1.40 bits per heavy atom. The molecule has 2 aromatic rings. The van der Waals surface area contributed by atoms with Crippen LogP contribution in [0.1, 0.15) is 67.7 Å². The van der Waals surface area contributed by atoms with Crippen LogP contribution in [0.3, 0.4) is 0 Å². The monoisotopic (exact) mass is 588 g/mol. The van der Waals surface area contributed by atoms with Gasteiger partial charge in [-0.3, -0.25) is 9.59 Å². The smallest absolute Gasteiger partial charge is 0.306 e. The Labute approximate surface area is 248 Å². The first-order valence-corrected chi connectivity index (χ1v) is 14.5. The molecule has 3 rings (SSSR count). The number of nitrogens with zero attached hydrogens (tertiary/aromatic N) is 1. The van der Waals surface area contributed by atoms with Crippen molar-refractivity contribution in [2.45, 2.75) is 57.4 Å². The van der Waals surface area contributed by atoms with Crippen LogP contribution in [0.15, 0.2) is 24.3 Å². The number of hydrogen-bond donors (Lipinski definition) is 2. The molecule has 0 aliphatic carbocycles. The summed E-state index contributed by atoms with van der Waals surface area (Å²) in [5.74, 6) is 0.927. The Bertz CT molecular complexity index is 1210. The lowest BCUT2D eigenvalue weighted by molar-refractivity contribution is -0.935. The van der Waals surface area contributed by atoms with Crippen LogP contribution in [-0.4, -0.2) is 82.3 Å². The maximum Gasteiger partial charge on any atom is 0.306 e. The molecule has 1 aliphatic heterocycles. The molecule has 0 radical (unpaired) electrons. The first-order valence-electron chi connectivity index (χ1n) is 14.5. The highest BCUT2D eigenvalue weighted by Crippen LogP contribution is 2.48. The highest BCUT2D eigenvalue weighted by molar-refractivity contribution is 5.69. The quantitative estimate of drug-likeness (QED) is 0.186. The van der Waals surface area contributed by atoms with Crippen molar-refractivity contribution < 1.29 is 48.0 Å². The molecule has 10 nitrogen and oxygen atoms in total. The predicted molar refractivity (Wildman–Crippen MR) is 158 cm³/mol. The zero-order valence-electron chi connectivity index (χ0n) is 25.7. The van der Waals surface area contributed by atoms with Gasteiger partial charge >= 0.3 is 11.9 Å². The average molecular weight is 589 g/mol. The van der Waals surface area contributed by atoms with Crippen LogP contribution in [0.2, 0.25) is 0 Å². The van der Waals surface area contributed by atoms with Crippen LogP contribution < -0.4 is 23.7 Å². The van der Waals surface area contributed by atoms with Crippen LogP contribution in [0, 0.1) is 5.92 Å². The van der Waals surface area contributed by atoms with E-state index < -0.39 is 17.9 Å². The molecule has 0 fully saturated rings. The highest BCUT2D eigenvalue weighted by Gasteiger charge is 2.42. The molecule has 10 heteroatoms. The number of likely N-dealkylation sites (N-methyl/N-ethyl adjacent to an activating group) is 1. The van der Waals surface area contributed by atoms with E-state index >= 15 is 0 Å². The largest absolute Gasteiger partial charge is 0.493 e. The molecule has 1 heterocycles. The van der Waals surface area contributed by atoms with E-state index in [0.717, 1.165) is 43.5 Å². The molecular weight excluding hydrogens is 542 g/mol. The number of carbonyl (C=O) groups is 2. The van der Waals surface area contributed by atoms with Gasteiger partial charge in [0.25, 0.3) is 0 Å². The number of benzene rings is 2. The molecule has 1 unspecified atom stereocenters. The maximum absolute atomic E-state index is 12.1. The number of ether oxygens (including phenoxy) is 5. The Morgan fingerprint density at radius 1 is 0.810 bits per heavy atom. The SMILES string of the molecule is COc1cc2c(cc1OC)[C@H](c1cc(OC)c(OC)c(OC)c1)[N@@+](C)(CCCC(CCCCCC(=O)O)C(=O)O)CC2. The van der Waals surface area contributed by atoms with Crippen molar-refractivity contribution in [2.75, 3.05) is 55.7 Å². The van der Waals surface area contributed by atoms with Gasteiger partial charge in [0.1, 0.15) is 6.04 Å². The second-order valence-corrected chi connectivity index (χ2v) is 11.1. The standard InChI is InChI=1S/C32H45NO9/c1-33(15-10-12-21(32(36)37)11-8-7-9-13-29(34)35)16-14-22-17-25(38-2)26(39-3)20-24(22)30(33)23-18-27(40-4)31(42-6)28(19-23)41-5/h17-21,30H,7-16H2,1-6H3,(H-,34,35,36,37)/p+1/t21?,30-,33-/m0/s1. The molecule has 3 atom stereocenters. The molecule has 2 N–H and O–H groups in total. The Morgan fingerprint density at radius 3 is 1.95 bits per heavy atom. The third-order valence-corrected chi connectivity index (χ3v) is 8.47. The number of aliphatic carboxylic acids is 2. The van der Waals surface area contributed by atoms with Crippen LogP contribution in [0.4, 0.5) is 0 Å². The molecule has 0 bridgehead atoms. The van der Waals surface area contributed by atoms with E-state index in [1.54, 1.807) is 35.5 Å². The zero-order valence-corrected chi connectivity index (χ0v) is 25.7. The summed E-state index contributed by atoms with van der Waals surface area (Å²) >= 11 is 0. The summed E-state index contributed by atoms with van der Waals surface area (Å²) in [6, 6.07) is 7.97. The zero-order chi connectivity index (χ0) is 30.9. The number of carboxylic acids is 2. The number of carboxylic acid groups (broad SMARTS) is 2. The van der Waals surface area contributed by atoms with Gasteiger partial charge in [-0.15, -0.1) is 0 Å². The third-order valence-electron chi connectivity index (χ3n) is 8.47. The van der Waals surface area contributed by atoms with Crippen molar-refractivity contribution in [3.63, 3.8) is 0 Å². The Kier molecular flexibility index (Phi) is 11.7. The van der Waals surface area contributed by atoms with Gasteiger partial charge in [0.05, 0.1) is 61.6 Å². The van der Waals surface area contributed by atoms with Gasteiger partial charge in [0.15, 0.2) is 23.0 Å². The molecule has 0 saturated carbocycles. The maximum atomic E-state index is 12.1. The van der Waals surface area contributed by atoms with E-state index in [1.165, 1.54) is 5.56 Å². The van der Waals surface area contributed by atoms with Gasteiger partial charge in [-0.05, 0) is 55.5 Å². The molecule has 42 heavy (non-hydrogen) atoms. The molecule has 0 saturated heterocycles. The van der Waals surface area contributed by atoms with Gasteiger partial charge in [0, 0.05) is 24.0 Å². The van der Waals surface area contributed by atoms with Gasteiger partial charge in [0.2, 0.25) is 5.75 Å². The first kappa shape index (κ1) is 32.8. The second-order valence-electron chi connectivity index (χ2n) is 11.1. The van der Waals surface area contributed by atoms with Crippen molar-refractivity contribution in [2.24, 2.45) is 5.92 Å². The molecule has 0 amide bonds. The fourth-order valence-corrected chi connectivity index (χ4v) is 6.22. The molecular formula is C32H46NO9+. The fourth-order valence-electron chi connectivity index (χ4n) is 6.22. The molecule has 0 spiro atoms. The van der Waals surface area contributed by atoms with E-state index in [4.69, 9.17) is 28.8 Å². The summed E-state index contributed by atoms with van der Waals surface area (Å²) in [4.78, 5) is 22.8. The van der Waals surface area contributed by atoms with Crippen molar-refractivity contribution >= 4 is 11.9 Å². The molecule has 232 valence electrons. The molecule has 0 aromatic heterocycles. The third kappa shape index (κ3) is 7.59. The minimum Gasteiger partial charge on any atom is -0.493 e. The van der Waals surface area contributed by atoms with Crippen molar-refractivity contribution in [1.82, 2.24) is 0 Å². The second kappa shape index (κ2) is 15.0. The van der Waals surface area contributed by atoms with Crippen LogP contribution in [0.25, 0.3) is 0 Å². The highest BCUT2D eigenvalue weighted by atomic mass is 16.5. The van der Waals surface area contributed by atoms with E-state index in [1.807, 2.05) is 18.2 Å². The van der Waals surface area contributed by atoms with Gasteiger partial charge in [-0.25, -0.2) is 0 Å². The molecule has 1 aliphatic rings. The fraction of sp³-hybridized carbons (Fsp3) is 0.562. The minimum absolute atomic E-state index is 0.110. The van der Waals surface area contributed by atoms with Crippen molar-refractivity contribution in [1.29, 1.82) is 0 Å². The van der Waals surface area contributed by atoms with Gasteiger partial charge < -0.3 is 38.4 Å². The number of hydrogen-bond acceptors (Lipinski definition) is 7. The van der Waals surface area contributed by atoms with Crippen molar-refractivity contribution in [3.05, 3.63) is 41.0 Å². The number of quaternary nitrogens is 1. The summed E-state index contributed by atoms with van der Waals surface area (Å²) < 4.78 is 28.9. The Balaban J connectivity index is 1.94. The average Bonchev–Trinajstić information content (AvgIpc) is 2.98. The summed E-state index contributed by atoms with van der Waals surface area (Å²) in [6.45, 7) is 1.61. The predicted octanol–water partition coefficient (Wildman–Crippen LogP) is 5.34. The van der Waals surface area contributed by atoms with Gasteiger partial charge in [-0.1, -0.05) is 12.8 Å². The van der Waals surface area contributed by atoms with E-state index in [2.05, 4.69) is 13.1 Å². The lowest BCUT2D eigenvalue weighted by atomic mass is 9.85. The van der Waals surface area contributed by atoms with E-state index in [-0.39, 0.29) is 12.5 Å². The topological polar surface area (TPSA) is 121 Å². The Hall–Kier alpha value is -3.66. The minimum atomic E-state index is -0.817. The summed E-state index contributed by atoms with van der Waals surface area (Å²) in [5.41, 5.74) is 3.28. The van der Waals surface area contributed by atoms with E-state index in [9.17, 15) is 14.7 Å². The number of fused-ring (bicyclic) bond motifs is 1. The van der Waals surface area contributed by atoms with Crippen molar-refractivity contribution in [3.8, 4) is 28.7 Å². The first-order chi connectivity index (χ1) is 20.1.